The number of hydrogen-bond acceptors (Lipinski definition) is 3. The molecule has 1 aromatic heterocycles. The van der Waals surface area contributed by atoms with Crippen LogP contribution in [0.3, 0.4) is 0 Å². The number of ether oxygens (including phenoxy) is 1. The van der Waals surface area contributed by atoms with E-state index in [0.717, 1.165) is 47.6 Å². The molecule has 0 spiro atoms. The number of halogens is 2. The Morgan fingerprint density at radius 1 is 1.31 bits per heavy atom. The van der Waals surface area contributed by atoms with E-state index in [-0.39, 0.29) is 18.5 Å². The fraction of sp³-hybridized carbons (Fsp3) is 0.350. The van der Waals surface area contributed by atoms with Gasteiger partial charge in [-0.05, 0) is 70.2 Å². The molecule has 1 N–H and O–H groups in total. The summed E-state index contributed by atoms with van der Waals surface area (Å²) in [5.74, 6) is 0.524. The fourth-order valence-electron chi connectivity index (χ4n) is 3.37. The summed E-state index contributed by atoms with van der Waals surface area (Å²) in [7, 11) is 0. The van der Waals surface area contributed by atoms with Gasteiger partial charge >= 0.3 is 0 Å². The highest BCUT2D eigenvalue weighted by molar-refractivity contribution is 9.10. The molecule has 136 valence electrons. The van der Waals surface area contributed by atoms with Gasteiger partial charge in [-0.2, -0.15) is 0 Å². The van der Waals surface area contributed by atoms with Crippen LogP contribution in [0.2, 0.25) is 0 Å². The van der Waals surface area contributed by atoms with Gasteiger partial charge in [0.15, 0.2) is 0 Å². The topological polar surface area (TPSA) is 47.3 Å². The number of fused-ring (bicyclic) bond motifs is 1. The molecule has 3 aromatic rings. The Hall–Kier alpha value is -1.76. The van der Waals surface area contributed by atoms with Crippen LogP contribution in [0.25, 0.3) is 11.0 Å². The van der Waals surface area contributed by atoms with Crippen LogP contribution >= 0.6 is 15.9 Å². The lowest BCUT2D eigenvalue weighted by Gasteiger charge is -2.27. The Kier molecular flexibility index (Phi) is 4.82. The second-order valence-corrected chi connectivity index (χ2v) is 7.64. The van der Waals surface area contributed by atoms with Crippen molar-refractivity contribution in [2.45, 2.75) is 39.0 Å². The summed E-state index contributed by atoms with van der Waals surface area (Å²) >= 11 is 3.18. The lowest BCUT2D eigenvalue weighted by Crippen LogP contribution is -2.31. The average molecular weight is 419 g/mol. The molecule has 1 fully saturated rings. The number of aromatic nitrogens is 2. The number of imidazole rings is 1. The molecule has 1 atom stereocenters. The Morgan fingerprint density at radius 3 is 2.81 bits per heavy atom. The maximum atomic E-state index is 14.1. The van der Waals surface area contributed by atoms with Gasteiger partial charge in [0.2, 0.25) is 0 Å². The summed E-state index contributed by atoms with van der Waals surface area (Å²) in [5.41, 5.74) is 4.59. The van der Waals surface area contributed by atoms with Gasteiger partial charge in [-0.25, -0.2) is 9.37 Å². The van der Waals surface area contributed by atoms with Crippen LogP contribution in [-0.2, 0) is 24.3 Å². The van der Waals surface area contributed by atoms with Crippen molar-refractivity contribution in [2.75, 3.05) is 6.61 Å². The molecule has 1 aliphatic heterocycles. The third-order valence-corrected chi connectivity index (χ3v) is 5.53. The van der Waals surface area contributed by atoms with E-state index < -0.39 is 0 Å². The van der Waals surface area contributed by atoms with E-state index in [1.807, 2.05) is 6.92 Å². The molecule has 26 heavy (non-hydrogen) atoms. The van der Waals surface area contributed by atoms with Crippen LogP contribution in [0.1, 0.15) is 28.9 Å². The van der Waals surface area contributed by atoms with Crippen molar-refractivity contribution in [1.82, 2.24) is 9.55 Å². The maximum absolute atomic E-state index is 14.1. The summed E-state index contributed by atoms with van der Waals surface area (Å²) in [4.78, 5) is 4.80. The SMILES string of the molecule is Cc1ccc2c(c1)nc(Cc1cc(F)c(Br)cc1CO)n2C[C@@H]1CCO1. The molecule has 2 aromatic carbocycles. The zero-order chi connectivity index (χ0) is 18.3. The highest BCUT2D eigenvalue weighted by atomic mass is 79.9. The van der Waals surface area contributed by atoms with Crippen LogP contribution in [0.4, 0.5) is 4.39 Å². The number of hydrogen-bond donors (Lipinski definition) is 1. The zero-order valence-corrected chi connectivity index (χ0v) is 16.1. The van der Waals surface area contributed by atoms with Gasteiger partial charge in [0.25, 0.3) is 0 Å². The Labute approximate surface area is 159 Å². The molecule has 6 heteroatoms. The predicted molar refractivity (Wildman–Crippen MR) is 102 cm³/mol. The smallest absolute Gasteiger partial charge is 0.137 e. The van der Waals surface area contributed by atoms with E-state index in [2.05, 4.69) is 38.7 Å². The number of aliphatic hydroxyl groups excluding tert-OH is 1. The number of rotatable bonds is 5. The first-order valence-corrected chi connectivity index (χ1v) is 9.49. The molecule has 0 aliphatic carbocycles. The molecule has 0 amide bonds. The normalized spacial score (nSPS) is 16.8. The largest absolute Gasteiger partial charge is 0.392 e. The summed E-state index contributed by atoms with van der Waals surface area (Å²) in [6.07, 6.45) is 1.70. The van der Waals surface area contributed by atoms with E-state index >= 15 is 0 Å². The van der Waals surface area contributed by atoms with Crippen molar-refractivity contribution in [2.24, 2.45) is 0 Å². The number of aliphatic hydroxyl groups is 1. The Bertz CT molecular complexity index is 966. The van der Waals surface area contributed by atoms with Gasteiger partial charge in [-0.15, -0.1) is 0 Å². The average Bonchev–Trinajstić information content (AvgIpc) is 2.90. The molecule has 2 heterocycles. The van der Waals surface area contributed by atoms with Gasteiger partial charge in [-0.1, -0.05) is 6.07 Å². The van der Waals surface area contributed by atoms with E-state index in [4.69, 9.17) is 9.72 Å². The molecule has 1 saturated heterocycles. The van der Waals surface area contributed by atoms with Gasteiger partial charge in [-0.3, -0.25) is 0 Å². The highest BCUT2D eigenvalue weighted by Crippen LogP contribution is 2.26. The van der Waals surface area contributed by atoms with Crippen molar-refractivity contribution in [3.05, 3.63) is 63.1 Å². The van der Waals surface area contributed by atoms with Crippen molar-refractivity contribution in [1.29, 1.82) is 0 Å². The number of benzene rings is 2. The second-order valence-electron chi connectivity index (χ2n) is 6.78. The lowest BCUT2D eigenvalue weighted by molar-refractivity contribution is -0.0589. The standard InChI is InChI=1S/C20H20BrFN2O2/c1-12-2-3-19-18(6-12)23-20(24(19)10-15-4-5-26-15)9-13-8-17(22)16(21)7-14(13)11-25/h2-3,6-8,15,25H,4-5,9-11H2,1H3/t15-/m0/s1. The minimum absolute atomic E-state index is 0.140. The van der Waals surface area contributed by atoms with Crippen molar-refractivity contribution >= 4 is 27.0 Å². The van der Waals surface area contributed by atoms with Crippen LogP contribution in [0.15, 0.2) is 34.8 Å². The highest BCUT2D eigenvalue weighted by Gasteiger charge is 2.22. The van der Waals surface area contributed by atoms with Gasteiger partial charge < -0.3 is 14.4 Å². The Morgan fingerprint density at radius 2 is 2.12 bits per heavy atom. The predicted octanol–water partition coefficient (Wildman–Crippen LogP) is 4.12. The first-order chi connectivity index (χ1) is 12.5. The van der Waals surface area contributed by atoms with Crippen LogP contribution in [-0.4, -0.2) is 27.4 Å². The third kappa shape index (κ3) is 3.29. The molecule has 4 rings (SSSR count). The first kappa shape index (κ1) is 17.6. The quantitative estimate of drug-likeness (QED) is 0.677. The minimum atomic E-state index is -0.335. The molecular formula is C20H20BrFN2O2. The van der Waals surface area contributed by atoms with Gasteiger partial charge in [0, 0.05) is 13.0 Å². The molecule has 0 saturated carbocycles. The number of aryl methyl sites for hydroxylation is 1. The molecule has 0 bridgehead atoms. The summed E-state index contributed by atoms with van der Waals surface area (Å²) in [5, 5.41) is 9.66. The van der Waals surface area contributed by atoms with E-state index in [1.165, 1.54) is 6.07 Å². The summed E-state index contributed by atoms with van der Waals surface area (Å²) in [6, 6.07) is 9.33. The van der Waals surface area contributed by atoms with E-state index in [0.29, 0.717) is 16.5 Å². The van der Waals surface area contributed by atoms with Crippen molar-refractivity contribution in [3.63, 3.8) is 0 Å². The second kappa shape index (κ2) is 7.10. The zero-order valence-electron chi connectivity index (χ0n) is 14.5. The maximum Gasteiger partial charge on any atom is 0.137 e. The van der Waals surface area contributed by atoms with Crippen LogP contribution < -0.4 is 0 Å². The molecular weight excluding hydrogens is 399 g/mol. The minimum Gasteiger partial charge on any atom is -0.392 e. The van der Waals surface area contributed by atoms with Crippen molar-refractivity contribution < 1.29 is 14.2 Å². The monoisotopic (exact) mass is 418 g/mol. The molecule has 1 aliphatic rings. The lowest BCUT2D eigenvalue weighted by atomic mass is 10.0. The summed E-state index contributed by atoms with van der Waals surface area (Å²) < 4.78 is 22.2. The molecule has 0 radical (unpaired) electrons. The fourth-order valence-corrected chi connectivity index (χ4v) is 3.76. The molecule has 4 nitrogen and oxygen atoms in total. The van der Waals surface area contributed by atoms with E-state index in [9.17, 15) is 9.50 Å². The van der Waals surface area contributed by atoms with E-state index in [1.54, 1.807) is 6.07 Å². The van der Waals surface area contributed by atoms with Crippen molar-refractivity contribution in [3.8, 4) is 0 Å². The molecule has 0 unspecified atom stereocenters. The van der Waals surface area contributed by atoms with Crippen LogP contribution in [0.5, 0.6) is 0 Å². The third-order valence-electron chi connectivity index (χ3n) is 4.92. The van der Waals surface area contributed by atoms with Crippen LogP contribution in [0, 0.1) is 12.7 Å². The number of nitrogens with zero attached hydrogens (tertiary/aromatic N) is 2. The summed E-state index contributed by atoms with van der Waals surface area (Å²) in [6.45, 7) is 3.45. The first-order valence-electron chi connectivity index (χ1n) is 8.70. The van der Waals surface area contributed by atoms with Gasteiger partial charge in [0.05, 0.1) is 34.8 Å². The van der Waals surface area contributed by atoms with Gasteiger partial charge in [0.1, 0.15) is 11.6 Å². The Balaban J connectivity index is 1.78.